The summed E-state index contributed by atoms with van der Waals surface area (Å²) in [5, 5.41) is 3.00. The lowest BCUT2D eigenvalue weighted by Crippen LogP contribution is -2.13. The van der Waals surface area contributed by atoms with E-state index in [1.54, 1.807) is 24.3 Å². The van der Waals surface area contributed by atoms with E-state index in [9.17, 15) is 9.59 Å². The first kappa shape index (κ1) is 19.4. The highest BCUT2D eigenvalue weighted by Crippen LogP contribution is 2.27. The van der Waals surface area contributed by atoms with Gasteiger partial charge in [-0.1, -0.05) is 48.5 Å². The number of para-hydroxylation sites is 1. The SMILES string of the molecule is CC(=O)c1ccc(OCCCC(=O)Nc2ccccc2-c2ccccc2)cc1. The minimum absolute atomic E-state index is 0.0269. The van der Waals surface area contributed by atoms with Crippen LogP contribution >= 0.6 is 0 Å². The van der Waals surface area contributed by atoms with Crippen LogP contribution in [0.4, 0.5) is 5.69 Å². The molecule has 4 heteroatoms. The quantitative estimate of drug-likeness (QED) is 0.427. The second kappa shape index (κ2) is 9.51. The van der Waals surface area contributed by atoms with E-state index in [1.807, 2.05) is 54.6 Å². The van der Waals surface area contributed by atoms with E-state index >= 15 is 0 Å². The highest BCUT2D eigenvalue weighted by molar-refractivity contribution is 5.95. The summed E-state index contributed by atoms with van der Waals surface area (Å²) in [4.78, 5) is 23.6. The molecule has 1 amide bonds. The van der Waals surface area contributed by atoms with Gasteiger partial charge in [-0.15, -0.1) is 0 Å². The largest absolute Gasteiger partial charge is 0.494 e. The summed E-state index contributed by atoms with van der Waals surface area (Å²) >= 11 is 0. The van der Waals surface area contributed by atoms with Crippen molar-refractivity contribution < 1.29 is 14.3 Å². The molecule has 3 rings (SSSR count). The Balaban J connectivity index is 1.49. The third-order valence-electron chi connectivity index (χ3n) is 4.36. The van der Waals surface area contributed by atoms with Gasteiger partial charge < -0.3 is 10.1 Å². The maximum Gasteiger partial charge on any atom is 0.224 e. The van der Waals surface area contributed by atoms with E-state index in [2.05, 4.69) is 5.32 Å². The maximum absolute atomic E-state index is 12.3. The summed E-state index contributed by atoms with van der Waals surface area (Å²) in [6.45, 7) is 1.97. The first-order valence-electron chi connectivity index (χ1n) is 9.31. The topological polar surface area (TPSA) is 55.4 Å². The predicted molar refractivity (Wildman–Crippen MR) is 112 cm³/mol. The summed E-state index contributed by atoms with van der Waals surface area (Å²) in [6.07, 6.45) is 0.975. The molecule has 0 aromatic heterocycles. The van der Waals surface area contributed by atoms with Crippen molar-refractivity contribution in [2.24, 2.45) is 0 Å². The number of anilines is 1. The van der Waals surface area contributed by atoms with Crippen molar-refractivity contribution in [1.29, 1.82) is 0 Å². The van der Waals surface area contributed by atoms with Gasteiger partial charge in [-0.2, -0.15) is 0 Å². The molecule has 142 valence electrons. The number of ether oxygens (including phenoxy) is 1. The lowest BCUT2D eigenvalue weighted by molar-refractivity contribution is -0.116. The first-order chi connectivity index (χ1) is 13.6. The van der Waals surface area contributed by atoms with E-state index in [1.165, 1.54) is 6.92 Å². The molecule has 0 saturated heterocycles. The second-order valence-corrected chi connectivity index (χ2v) is 6.49. The zero-order chi connectivity index (χ0) is 19.8. The maximum atomic E-state index is 12.3. The summed E-state index contributed by atoms with van der Waals surface area (Å²) in [5.74, 6) is 0.678. The minimum atomic E-state index is -0.0427. The monoisotopic (exact) mass is 373 g/mol. The molecule has 0 fully saturated rings. The number of carbonyl (C=O) groups excluding carboxylic acids is 2. The van der Waals surface area contributed by atoms with E-state index in [0.717, 1.165) is 16.8 Å². The van der Waals surface area contributed by atoms with Crippen LogP contribution in [0.25, 0.3) is 11.1 Å². The fourth-order valence-electron chi connectivity index (χ4n) is 2.88. The van der Waals surface area contributed by atoms with Crippen molar-refractivity contribution in [2.45, 2.75) is 19.8 Å². The molecule has 0 aliphatic rings. The van der Waals surface area contributed by atoms with Gasteiger partial charge >= 0.3 is 0 Å². The number of hydrogen-bond donors (Lipinski definition) is 1. The lowest BCUT2D eigenvalue weighted by atomic mass is 10.0. The number of rotatable bonds is 8. The molecule has 0 radical (unpaired) electrons. The average Bonchev–Trinajstić information content (AvgIpc) is 2.72. The van der Waals surface area contributed by atoms with Crippen LogP contribution in [0.2, 0.25) is 0 Å². The van der Waals surface area contributed by atoms with Gasteiger partial charge in [0.05, 0.1) is 6.61 Å². The van der Waals surface area contributed by atoms with E-state index < -0.39 is 0 Å². The molecule has 1 N–H and O–H groups in total. The summed E-state index contributed by atoms with van der Waals surface area (Å²) in [6, 6.07) is 24.8. The normalized spacial score (nSPS) is 10.3. The number of carbonyl (C=O) groups is 2. The van der Waals surface area contributed by atoms with Gasteiger partial charge in [0.25, 0.3) is 0 Å². The molecule has 0 spiro atoms. The Hall–Kier alpha value is -3.40. The van der Waals surface area contributed by atoms with E-state index in [0.29, 0.717) is 30.8 Å². The molecule has 0 bridgehead atoms. The van der Waals surface area contributed by atoms with Gasteiger partial charge in [0.2, 0.25) is 5.91 Å². The van der Waals surface area contributed by atoms with Crippen LogP contribution in [0.1, 0.15) is 30.1 Å². The third-order valence-corrected chi connectivity index (χ3v) is 4.36. The van der Waals surface area contributed by atoms with Crippen molar-refractivity contribution in [1.82, 2.24) is 0 Å². The fourth-order valence-corrected chi connectivity index (χ4v) is 2.88. The smallest absolute Gasteiger partial charge is 0.224 e. The third kappa shape index (κ3) is 5.30. The molecule has 3 aromatic rings. The second-order valence-electron chi connectivity index (χ2n) is 6.49. The van der Waals surface area contributed by atoms with Crippen molar-refractivity contribution in [3.8, 4) is 16.9 Å². The number of ketones is 1. The Morgan fingerprint density at radius 3 is 2.25 bits per heavy atom. The minimum Gasteiger partial charge on any atom is -0.494 e. The standard InChI is InChI=1S/C24H23NO3/c1-18(26)19-13-15-21(16-14-19)28-17-7-12-24(27)25-23-11-6-5-10-22(23)20-8-3-2-4-9-20/h2-6,8-11,13-16H,7,12,17H2,1H3,(H,25,27). The zero-order valence-electron chi connectivity index (χ0n) is 15.9. The summed E-state index contributed by atoms with van der Waals surface area (Å²) in [5.41, 5.74) is 3.53. The summed E-state index contributed by atoms with van der Waals surface area (Å²) in [7, 11) is 0. The first-order valence-corrected chi connectivity index (χ1v) is 9.31. The molecule has 0 aliphatic heterocycles. The van der Waals surface area contributed by atoms with Gasteiger partial charge in [-0.3, -0.25) is 9.59 Å². The molecule has 0 aliphatic carbocycles. The molecule has 28 heavy (non-hydrogen) atoms. The highest BCUT2D eigenvalue weighted by Gasteiger charge is 2.08. The van der Waals surface area contributed by atoms with Crippen LogP contribution < -0.4 is 10.1 Å². The van der Waals surface area contributed by atoms with Crippen molar-refractivity contribution in [3.63, 3.8) is 0 Å². The fraction of sp³-hybridized carbons (Fsp3) is 0.167. The number of amides is 1. The molecule has 4 nitrogen and oxygen atoms in total. The lowest BCUT2D eigenvalue weighted by Gasteiger charge is -2.11. The summed E-state index contributed by atoms with van der Waals surface area (Å²) < 4.78 is 5.64. The number of nitrogens with one attached hydrogen (secondary N) is 1. The molecule has 3 aromatic carbocycles. The van der Waals surface area contributed by atoms with E-state index in [-0.39, 0.29) is 11.7 Å². The van der Waals surface area contributed by atoms with Crippen LogP contribution in [0, 0.1) is 0 Å². The Morgan fingerprint density at radius 2 is 1.54 bits per heavy atom. The molecular formula is C24H23NO3. The van der Waals surface area contributed by atoms with Crippen LogP contribution in [-0.2, 0) is 4.79 Å². The average molecular weight is 373 g/mol. The van der Waals surface area contributed by atoms with Crippen molar-refractivity contribution in [3.05, 3.63) is 84.4 Å². The van der Waals surface area contributed by atoms with E-state index in [4.69, 9.17) is 4.74 Å². The van der Waals surface area contributed by atoms with Crippen LogP contribution in [-0.4, -0.2) is 18.3 Å². The van der Waals surface area contributed by atoms with Crippen molar-refractivity contribution >= 4 is 17.4 Å². The number of hydrogen-bond acceptors (Lipinski definition) is 3. The molecule has 0 heterocycles. The number of Topliss-reactive ketones (excluding diaryl/α,β-unsaturated/α-hetero) is 1. The van der Waals surface area contributed by atoms with Gasteiger partial charge in [0.1, 0.15) is 5.75 Å². The number of benzene rings is 3. The predicted octanol–water partition coefficient (Wildman–Crippen LogP) is 5.35. The highest BCUT2D eigenvalue weighted by atomic mass is 16.5. The Morgan fingerprint density at radius 1 is 0.857 bits per heavy atom. The van der Waals surface area contributed by atoms with Crippen LogP contribution in [0.15, 0.2) is 78.9 Å². The molecule has 0 saturated carbocycles. The Kier molecular flexibility index (Phi) is 6.58. The van der Waals surface area contributed by atoms with Crippen LogP contribution in [0.3, 0.4) is 0 Å². The molecular weight excluding hydrogens is 350 g/mol. The van der Waals surface area contributed by atoms with Crippen LogP contribution in [0.5, 0.6) is 5.75 Å². The van der Waals surface area contributed by atoms with Gasteiger partial charge in [-0.05, 0) is 49.2 Å². The molecule has 0 unspecified atom stereocenters. The van der Waals surface area contributed by atoms with Gasteiger partial charge in [0, 0.05) is 23.2 Å². The van der Waals surface area contributed by atoms with Gasteiger partial charge in [-0.25, -0.2) is 0 Å². The van der Waals surface area contributed by atoms with Crippen molar-refractivity contribution in [2.75, 3.05) is 11.9 Å². The Labute approximate surface area is 165 Å². The Bertz CT molecular complexity index is 934. The zero-order valence-corrected chi connectivity index (χ0v) is 15.9. The molecule has 0 atom stereocenters. The van der Waals surface area contributed by atoms with Gasteiger partial charge in [0.15, 0.2) is 5.78 Å².